The van der Waals surface area contributed by atoms with Crippen LogP contribution in [0.5, 0.6) is 0 Å². The van der Waals surface area contributed by atoms with Crippen LogP contribution in [0.25, 0.3) is 0 Å². The molecule has 1 aliphatic rings. The Kier molecular flexibility index (Phi) is 4.11. The predicted molar refractivity (Wildman–Crippen MR) is 75.5 cm³/mol. The lowest BCUT2D eigenvalue weighted by atomic mass is 10.0. The van der Waals surface area contributed by atoms with Gasteiger partial charge in [0.25, 0.3) is 0 Å². The van der Waals surface area contributed by atoms with E-state index in [-0.39, 0.29) is 11.3 Å². The molecule has 0 fully saturated rings. The number of nitrogens with one attached hydrogen (secondary N) is 1. The summed E-state index contributed by atoms with van der Waals surface area (Å²) in [6.07, 6.45) is 0.836. The van der Waals surface area contributed by atoms with E-state index in [1.54, 1.807) is 29.6 Å². The molecule has 0 bridgehead atoms. The van der Waals surface area contributed by atoms with Gasteiger partial charge >= 0.3 is 0 Å². The molecule has 6 heteroatoms. The Hall–Kier alpha value is -0.430. The first kappa shape index (κ1) is 14.0. The van der Waals surface area contributed by atoms with Crippen molar-refractivity contribution in [3.8, 4) is 0 Å². The highest BCUT2D eigenvalue weighted by Gasteiger charge is 2.36. The molecule has 0 saturated heterocycles. The van der Waals surface area contributed by atoms with Crippen LogP contribution in [0, 0.1) is 0 Å². The third kappa shape index (κ3) is 2.34. The molecule has 2 atom stereocenters. The number of nitrogens with zero attached hydrogens (tertiary/aromatic N) is 1. The molecule has 102 valence electrons. The zero-order valence-electron chi connectivity index (χ0n) is 11.0. The van der Waals surface area contributed by atoms with Crippen LogP contribution in [0.1, 0.15) is 30.3 Å². The first-order valence-corrected chi connectivity index (χ1v) is 8.58. The SMILES string of the molecule is CNCC(C)S(=O)(=O)N1CCc2sccc2C1C. The Morgan fingerprint density at radius 3 is 3.00 bits per heavy atom. The highest BCUT2D eigenvalue weighted by molar-refractivity contribution is 7.89. The number of rotatable bonds is 4. The molecule has 0 aromatic carbocycles. The number of hydrogen-bond acceptors (Lipinski definition) is 4. The van der Waals surface area contributed by atoms with Crippen molar-refractivity contribution in [3.05, 3.63) is 21.9 Å². The first-order valence-electron chi connectivity index (χ1n) is 6.20. The molecule has 1 N–H and O–H groups in total. The topological polar surface area (TPSA) is 49.4 Å². The second-order valence-corrected chi connectivity index (χ2v) is 8.05. The van der Waals surface area contributed by atoms with Crippen LogP contribution in [0.3, 0.4) is 0 Å². The quantitative estimate of drug-likeness (QED) is 0.915. The first-order chi connectivity index (χ1) is 8.48. The van der Waals surface area contributed by atoms with Crippen molar-refractivity contribution in [3.63, 3.8) is 0 Å². The van der Waals surface area contributed by atoms with Gasteiger partial charge in [-0.05, 0) is 44.3 Å². The highest BCUT2D eigenvalue weighted by Crippen LogP contribution is 2.35. The van der Waals surface area contributed by atoms with E-state index in [1.165, 1.54) is 10.4 Å². The molecule has 0 radical (unpaired) electrons. The Morgan fingerprint density at radius 2 is 2.33 bits per heavy atom. The van der Waals surface area contributed by atoms with E-state index in [1.807, 2.05) is 12.3 Å². The molecule has 4 nitrogen and oxygen atoms in total. The van der Waals surface area contributed by atoms with Crippen molar-refractivity contribution >= 4 is 21.4 Å². The molecule has 0 spiro atoms. The molecule has 2 heterocycles. The van der Waals surface area contributed by atoms with Crippen molar-refractivity contribution < 1.29 is 8.42 Å². The Morgan fingerprint density at radius 1 is 1.61 bits per heavy atom. The summed E-state index contributed by atoms with van der Waals surface area (Å²) in [7, 11) is -1.44. The van der Waals surface area contributed by atoms with Crippen molar-refractivity contribution in [1.82, 2.24) is 9.62 Å². The smallest absolute Gasteiger partial charge is 0.218 e. The van der Waals surface area contributed by atoms with Crippen LogP contribution in [0.2, 0.25) is 0 Å². The van der Waals surface area contributed by atoms with Gasteiger partial charge in [-0.3, -0.25) is 0 Å². The van der Waals surface area contributed by atoms with Crippen LogP contribution < -0.4 is 5.32 Å². The minimum atomic E-state index is -3.22. The zero-order chi connectivity index (χ0) is 13.3. The van der Waals surface area contributed by atoms with Gasteiger partial charge in [-0.2, -0.15) is 4.31 Å². The zero-order valence-corrected chi connectivity index (χ0v) is 12.6. The van der Waals surface area contributed by atoms with E-state index in [0.29, 0.717) is 13.1 Å². The summed E-state index contributed by atoms with van der Waals surface area (Å²) in [5, 5.41) is 4.60. The van der Waals surface area contributed by atoms with Gasteiger partial charge in [0, 0.05) is 24.0 Å². The highest BCUT2D eigenvalue weighted by atomic mass is 32.2. The monoisotopic (exact) mass is 288 g/mol. The minimum Gasteiger partial charge on any atom is -0.318 e. The molecule has 1 aliphatic heterocycles. The van der Waals surface area contributed by atoms with Crippen LogP contribution in [-0.2, 0) is 16.4 Å². The van der Waals surface area contributed by atoms with Crippen molar-refractivity contribution in [2.75, 3.05) is 20.1 Å². The predicted octanol–water partition coefficient (Wildman–Crippen LogP) is 1.60. The van der Waals surface area contributed by atoms with Crippen LogP contribution in [0.15, 0.2) is 11.4 Å². The van der Waals surface area contributed by atoms with Gasteiger partial charge < -0.3 is 5.32 Å². The summed E-state index contributed by atoms with van der Waals surface area (Å²) in [4.78, 5) is 1.33. The molecule has 0 amide bonds. The summed E-state index contributed by atoms with van der Waals surface area (Å²) in [6.45, 7) is 4.84. The van der Waals surface area contributed by atoms with Gasteiger partial charge in [-0.15, -0.1) is 11.3 Å². The lowest BCUT2D eigenvalue weighted by Gasteiger charge is -2.34. The van der Waals surface area contributed by atoms with E-state index >= 15 is 0 Å². The summed E-state index contributed by atoms with van der Waals surface area (Å²) >= 11 is 1.73. The number of sulfonamides is 1. The molecule has 0 saturated carbocycles. The second-order valence-electron chi connectivity index (χ2n) is 4.75. The van der Waals surface area contributed by atoms with Gasteiger partial charge in [0.15, 0.2) is 0 Å². The largest absolute Gasteiger partial charge is 0.318 e. The molecule has 2 unspecified atom stereocenters. The van der Waals surface area contributed by atoms with Crippen molar-refractivity contribution in [2.24, 2.45) is 0 Å². The van der Waals surface area contributed by atoms with Crippen molar-refractivity contribution in [2.45, 2.75) is 31.6 Å². The Balaban J connectivity index is 2.26. The van der Waals surface area contributed by atoms with E-state index in [9.17, 15) is 8.42 Å². The second kappa shape index (κ2) is 5.28. The lowest BCUT2D eigenvalue weighted by Crippen LogP contribution is -2.45. The summed E-state index contributed by atoms with van der Waals surface area (Å²) < 4.78 is 26.7. The fourth-order valence-electron chi connectivity index (χ4n) is 2.46. The van der Waals surface area contributed by atoms with Crippen LogP contribution >= 0.6 is 11.3 Å². The number of thiophene rings is 1. The van der Waals surface area contributed by atoms with Gasteiger partial charge in [0.05, 0.1) is 5.25 Å². The molecule has 2 rings (SSSR count). The summed E-state index contributed by atoms with van der Waals surface area (Å²) in [6, 6.07) is 2.01. The van der Waals surface area contributed by atoms with E-state index in [2.05, 4.69) is 11.4 Å². The fourth-order valence-corrected chi connectivity index (χ4v) is 5.16. The molecule has 1 aromatic rings. The standard InChI is InChI=1S/C12H20N2O2S2/c1-9(8-13-3)18(15,16)14-6-4-12-11(10(14)2)5-7-17-12/h5,7,9-10,13H,4,6,8H2,1-3H3. The molecular formula is C12H20N2O2S2. The third-order valence-electron chi connectivity index (χ3n) is 3.55. The molecule has 18 heavy (non-hydrogen) atoms. The van der Waals surface area contributed by atoms with E-state index in [0.717, 1.165) is 6.42 Å². The maximum atomic E-state index is 12.5. The minimum absolute atomic E-state index is 0.0377. The van der Waals surface area contributed by atoms with E-state index in [4.69, 9.17) is 0 Å². The molecular weight excluding hydrogens is 268 g/mol. The van der Waals surface area contributed by atoms with Gasteiger partial charge in [0.1, 0.15) is 0 Å². The van der Waals surface area contributed by atoms with Crippen LogP contribution in [-0.4, -0.2) is 38.1 Å². The lowest BCUT2D eigenvalue weighted by molar-refractivity contribution is 0.325. The Labute approximate surface area is 113 Å². The summed E-state index contributed by atoms with van der Waals surface area (Å²) in [5.41, 5.74) is 1.17. The molecule has 1 aromatic heterocycles. The normalized spacial score (nSPS) is 22.7. The fraction of sp³-hybridized carbons (Fsp3) is 0.667. The Bertz CT molecular complexity index is 510. The van der Waals surface area contributed by atoms with Crippen molar-refractivity contribution in [1.29, 1.82) is 0 Å². The van der Waals surface area contributed by atoms with Gasteiger partial charge in [-0.25, -0.2) is 8.42 Å². The molecule has 0 aliphatic carbocycles. The average molecular weight is 288 g/mol. The third-order valence-corrected chi connectivity index (χ3v) is 6.88. The number of hydrogen-bond donors (Lipinski definition) is 1. The summed E-state index contributed by atoms with van der Waals surface area (Å²) in [5.74, 6) is 0. The maximum Gasteiger partial charge on any atom is 0.218 e. The average Bonchev–Trinajstić information content (AvgIpc) is 2.78. The maximum absolute atomic E-state index is 12.5. The van der Waals surface area contributed by atoms with Crippen LogP contribution in [0.4, 0.5) is 0 Å². The number of fused-ring (bicyclic) bond motifs is 1. The van der Waals surface area contributed by atoms with Gasteiger partial charge in [0.2, 0.25) is 10.0 Å². The van der Waals surface area contributed by atoms with Gasteiger partial charge in [-0.1, -0.05) is 0 Å². The van der Waals surface area contributed by atoms with E-state index < -0.39 is 10.0 Å².